The molecule has 0 aliphatic rings. The first-order valence-electron chi connectivity index (χ1n) is 5.96. The summed E-state index contributed by atoms with van der Waals surface area (Å²) in [6.07, 6.45) is 0. The molecular weight excluding hydrogens is 300 g/mol. The van der Waals surface area contributed by atoms with Gasteiger partial charge in [-0.05, 0) is 26.0 Å². The van der Waals surface area contributed by atoms with E-state index in [0.717, 1.165) is 5.56 Å². The van der Waals surface area contributed by atoms with Crippen LogP contribution in [0, 0.1) is 13.8 Å². The van der Waals surface area contributed by atoms with Crippen LogP contribution in [0.4, 0.5) is 0 Å². The van der Waals surface area contributed by atoms with Crippen molar-refractivity contribution >= 4 is 21.6 Å². The normalized spacial score (nSPS) is 12.1. The van der Waals surface area contributed by atoms with Gasteiger partial charge in [0.2, 0.25) is 10.0 Å². The molecule has 108 valence electrons. The number of hydrogen-bond donors (Lipinski definition) is 0. The molecule has 0 bridgehead atoms. The zero-order chi connectivity index (χ0) is 14.9. The Morgan fingerprint density at radius 2 is 1.95 bits per heavy atom. The molecule has 2 aromatic rings. The molecule has 2 rings (SSSR count). The van der Waals surface area contributed by atoms with Crippen molar-refractivity contribution < 1.29 is 12.9 Å². The second kappa shape index (κ2) is 5.55. The number of nitrogens with zero attached hydrogens (tertiary/aromatic N) is 2. The molecule has 1 aromatic heterocycles. The van der Waals surface area contributed by atoms with Crippen LogP contribution in [0.25, 0.3) is 0 Å². The molecule has 0 saturated carbocycles. The summed E-state index contributed by atoms with van der Waals surface area (Å²) in [6, 6.07) is 6.37. The lowest BCUT2D eigenvalue weighted by Crippen LogP contribution is -2.27. The van der Waals surface area contributed by atoms with Crippen LogP contribution in [0.1, 0.15) is 17.0 Å². The van der Waals surface area contributed by atoms with Gasteiger partial charge in [0, 0.05) is 19.2 Å². The average Bonchev–Trinajstić information content (AvgIpc) is 2.70. The molecule has 0 unspecified atom stereocenters. The molecule has 0 atom stereocenters. The standard InChI is InChI=1S/C13H15ClN2O3S/c1-9-11(10(2)19-15-9)8-16(3)20(17,18)13-7-5-4-6-12(13)14/h4-7H,8H2,1-3H3. The summed E-state index contributed by atoms with van der Waals surface area (Å²) in [6.45, 7) is 3.72. The molecule has 5 nitrogen and oxygen atoms in total. The minimum Gasteiger partial charge on any atom is -0.361 e. The summed E-state index contributed by atoms with van der Waals surface area (Å²) in [4.78, 5) is 0.0935. The van der Waals surface area contributed by atoms with Crippen LogP contribution >= 0.6 is 11.6 Å². The second-order valence-electron chi connectivity index (χ2n) is 4.49. The Morgan fingerprint density at radius 1 is 1.30 bits per heavy atom. The van der Waals surface area contributed by atoms with Gasteiger partial charge in [-0.25, -0.2) is 8.42 Å². The van der Waals surface area contributed by atoms with Gasteiger partial charge in [-0.1, -0.05) is 28.9 Å². The molecule has 0 saturated heterocycles. The molecule has 0 N–H and O–H groups in total. The number of aryl methyl sites for hydroxylation is 2. The Morgan fingerprint density at radius 3 is 2.50 bits per heavy atom. The van der Waals surface area contributed by atoms with Gasteiger partial charge in [0.05, 0.1) is 10.7 Å². The van der Waals surface area contributed by atoms with E-state index in [2.05, 4.69) is 5.16 Å². The van der Waals surface area contributed by atoms with Gasteiger partial charge in [0.15, 0.2) is 0 Å². The number of hydrogen-bond acceptors (Lipinski definition) is 4. The van der Waals surface area contributed by atoms with Crippen molar-refractivity contribution in [1.82, 2.24) is 9.46 Å². The van der Waals surface area contributed by atoms with Crippen LogP contribution in [0.5, 0.6) is 0 Å². The molecule has 1 aromatic carbocycles. The molecule has 0 aliphatic carbocycles. The number of sulfonamides is 1. The van der Waals surface area contributed by atoms with Crippen molar-refractivity contribution in [2.24, 2.45) is 0 Å². The summed E-state index contributed by atoms with van der Waals surface area (Å²) in [7, 11) is -2.14. The van der Waals surface area contributed by atoms with Crippen LogP contribution in [0.3, 0.4) is 0 Å². The Kier molecular flexibility index (Phi) is 4.17. The van der Waals surface area contributed by atoms with Gasteiger partial charge in [0.1, 0.15) is 10.7 Å². The quantitative estimate of drug-likeness (QED) is 0.870. The topological polar surface area (TPSA) is 63.4 Å². The molecule has 0 radical (unpaired) electrons. The summed E-state index contributed by atoms with van der Waals surface area (Å²) >= 11 is 5.96. The third kappa shape index (κ3) is 2.72. The molecule has 20 heavy (non-hydrogen) atoms. The second-order valence-corrected chi connectivity index (χ2v) is 6.91. The van der Waals surface area contributed by atoms with Crippen molar-refractivity contribution in [3.8, 4) is 0 Å². The SMILES string of the molecule is Cc1noc(C)c1CN(C)S(=O)(=O)c1ccccc1Cl. The predicted molar refractivity (Wildman–Crippen MR) is 76.1 cm³/mol. The number of halogens is 1. The molecule has 0 amide bonds. The molecule has 0 fully saturated rings. The fourth-order valence-corrected chi connectivity index (χ4v) is 3.49. The van der Waals surface area contributed by atoms with Gasteiger partial charge < -0.3 is 4.52 Å². The van der Waals surface area contributed by atoms with Gasteiger partial charge in [-0.2, -0.15) is 4.31 Å². The largest absolute Gasteiger partial charge is 0.361 e. The molecular formula is C13H15ClN2O3S. The average molecular weight is 315 g/mol. The van der Waals surface area contributed by atoms with E-state index in [1.54, 1.807) is 32.0 Å². The number of aromatic nitrogens is 1. The van der Waals surface area contributed by atoms with Gasteiger partial charge in [-0.3, -0.25) is 0 Å². The van der Waals surface area contributed by atoms with Crippen LogP contribution < -0.4 is 0 Å². The Labute approximate surface area is 123 Å². The van der Waals surface area contributed by atoms with E-state index in [1.807, 2.05) is 0 Å². The zero-order valence-electron chi connectivity index (χ0n) is 11.4. The highest BCUT2D eigenvalue weighted by molar-refractivity contribution is 7.89. The smallest absolute Gasteiger partial charge is 0.244 e. The lowest BCUT2D eigenvalue weighted by atomic mass is 10.2. The maximum absolute atomic E-state index is 12.5. The molecule has 7 heteroatoms. The summed E-state index contributed by atoms with van der Waals surface area (Å²) in [5, 5.41) is 4.03. The fourth-order valence-electron chi connectivity index (χ4n) is 1.86. The van der Waals surface area contributed by atoms with Gasteiger partial charge >= 0.3 is 0 Å². The highest BCUT2D eigenvalue weighted by Crippen LogP contribution is 2.25. The zero-order valence-corrected chi connectivity index (χ0v) is 13.0. The van der Waals surface area contributed by atoms with Crippen molar-refractivity contribution in [3.05, 3.63) is 46.3 Å². The van der Waals surface area contributed by atoms with E-state index >= 15 is 0 Å². The van der Waals surface area contributed by atoms with Crippen molar-refractivity contribution in [2.45, 2.75) is 25.3 Å². The Bertz CT molecular complexity index is 705. The first-order valence-corrected chi connectivity index (χ1v) is 7.78. The van der Waals surface area contributed by atoms with Crippen molar-refractivity contribution in [1.29, 1.82) is 0 Å². The van der Waals surface area contributed by atoms with Crippen LogP contribution in [0.15, 0.2) is 33.7 Å². The Hall–Kier alpha value is -1.37. The first kappa shape index (κ1) is 15.0. The summed E-state index contributed by atoms with van der Waals surface area (Å²) in [5.41, 5.74) is 1.45. The predicted octanol–water partition coefficient (Wildman–Crippen LogP) is 2.77. The minimum absolute atomic E-state index is 0.0935. The van der Waals surface area contributed by atoms with Crippen molar-refractivity contribution in [3.63, 3.8) is 0 Å². The maximum Gasteiger partial charge on any atom is 0.244 e. The van der Waals surface area contributed by atoms with Crippen molar-refractivity contribution in [2.75, 3.05) is 7.05 Å². The molecule has 0 spiro atoms. The molecule has 1 heterocycles. The van der Waals surface area contributed by atoms with Crippen LogP contribution in [-0.2, 0) is 16.6 Å². The lowest BCUT2D eigenvalue weighted by molar-refractivity contribution is 0.390. The monoisotopic (exact) mass is 314 g/mol. The van der Waals surface area contributed by atoms with Gasteiger partial charge in [0.25, 0.3) is 0 Å². The highest BCUT2D eigenvalue weighted by atomic mass is 35.5. The van der Waals surface area contributed by atoms with Crippen LogP contribution in [0.2, 0.25) is 5.02 Å². The third-order valence-electron chi connectivity index (χ3n) is 3.09. The van der Waals surface area contributed by atoms with Gasteiger partial charge in [-0.15, -0.1) is 0 Å². The summed E-state index contributed by atoms with van der Waals surface area (Å²) < 4.78 is 31.3. The van der Waals surface area contributed by atoms with E-state index in [4.69, 9.17) is 16.1 Å². The van der Waals surface area contributed by atoms with E-state index in [9.17, 15) is 8.42 Å². The number of rotatable bonds is 4. The van der Waals surface area contributed by atoms with E-state index in [0.29, 0.717) is 11.5 Å². The highest BCUT2D eigenvalue weighted by Gasteiger charge is 2.25. The summed E-state index contributed by atoms with van der Waals surface area (Å²) in [5.74, 6) is 0.615. The van der Waals surface area contributed by atoms with Crippen LogP contribution in [-0.4, -0.2) is 24.9 Å². The van der Waals surface area contributed by atoms with E-state index < -0.39 is 10.0 Å². The lowest BCUT2D eigenvalue weighted by Gasteiger charge is -2.17. The fraction of sp³-hybridized carbons (Fsp3) is 0.308. The third-order valence-corrected chi connectivity index (χ3v) is 5.39. The Balaban J connectivity index is 2.34. The molecule has 0 aliphatic heterocycles. The minimum atomic E-state index is -3.65. The van der Waals surface area contributed by atoms with E-state index in [1.165, 1.54) is 17.4 Å². The number of benzene rings is 1. The van der Waals surface area contributed by atoms with E-state index in [-0.39, 0.29) is 16.5 Å². The maximum atomic E-state index is 12.5. The first-order chi connectivity index (χ1) is 9.34.